The summed E-state index contributed by atoms with van der Waals surface area (Å²) >= 11 is 9.61. The molecule has 0 spiro atoms. The highest BCUT2D eigenvalue weighted by molar-refractivity contribution is 9.10. The van der Waals surface area contributed by atoms with Crippen molar-refractivity contribution in [2.24, 2.45) is 0 Å². The number of rotatable bonds is 5. The normalized spacial score (nSPS) is 11.4. The average Bonchev–Trinajstić information content (AvgIpc) is 3.12. The van der Waals surface area contributed by atoms with Crippen LogP contribution in [0.15, 0.2) is 94.3 Å². The maximum atomic E-state index is 12.8. The molecule has 0 saturated carbocycles. The van der Waals surface area contributed by atoms with Crippen LogP contribution in [0.2, 0.25) is 5.02 Å². The van der Waals surface area contributed by atoms with Gasteiger partial charge < -0.3 is 4.18 Å². The Kier molecular flexibility index (Phi) is 5.45. The minimum Gasteiger partial charge on any atom is -0.358 e. The molecular weight excluding hydrogens is 476 g/mol. The van der Waals surface area contributed by atoms with Crippen molar-refractivity contribution in [1.29, 1.82) is 0 Å². The van der Waals surface area contributed by atoms with Gasteiger partial charge in [0.1, 0.15) is 4.90 Å². The second-order valence-corrected chi connectivity index (χ2v) is 8.96. The number of halogens is 2. The Labute approximate surface area is 181 Å². The summed E-state index contributed by atoms with van der Waals surface area (Å²) < 4.78 is 33.3. The zero-order chi connectivity index (χ0) is 20.4. The zero-order valence-electron chi connectivity index (χ0n) is 14.9. The Morgan fingerprint density at radius 2 is 1.55 bits per heavy atom. The molecule has 0 fully saturated rings. The van der Waals surface area contributed by atoms with Gasteiger partial charge >= 0.3 is 10.1 Å². The van der Waals surface area contributed by atoms with Crippen LogP contribution < -0.4 is 4.18 Å². The van der Waals surface area contributed by atoms with Crippen molar-refractivity contribution < 1.29 is 12.6 Å². The molecule has 3 aromatic carbocycles. The lowest BCUT2D eigenvalue weighted by atomic mass is 10.2. The van der Waals surface area contributed by atoms with E-state index in [9.17, 15) is 8.42 Å². The van der Waals surface area contributed by atoms with Crippen molar-refractivity contribution in [1.82, 2.24) is 9.78 Å². The second-order valence-electron chi connectivity index (χ2n) is 6.09. The minimum absolute atomic E-state index is 0.0360. The highest BCUT2D eigenvalue weighted by Crippen LogP contribution is 2.31. The van der Waals surface area contributed by atoms with Gasteiger partial charge in [-0.3, -0.25) is 0 Å². The van der Waals surface area contributed by atoms with Crippen LogP contribution >= 0.6 is 27.5 Å². The quantitative estimate of drug-likeness (QED) is 0.336. The highest BCUT2D eigenvalue weighted by Gasteiger charge is 2.22. The van der Waals surface area contributed by atoms with E-state index in [1.54, 1.807) is 42.5 Å². The molecule has 0 aliphatic rings. The van der Waals surface area contributed by atoms with Crippen molar-refractivity contribution in [3.63, 3.8) is 0 Å². The molecule has 0 atom stereocenters. The van der Waals surface area contributed by atoms with Crippen LogP contribution in [0.1, 0.15) is 0 Å². The Morgan fingerprint density at radius 1 is 0.897 bits per heavy atom. The zero-order valence-corrected chi connectivity index (χ0v) is 18.0. The molecule has 1 heterocycles. The average molecular weight is 490 g/mol. The summed E-state index contributed by atoms with van der Waals surface area (Å²) in [6, 6.07) is 24.2. The standard InChI is InChI=1S/C21H14BrClN2O3S/c22-16-10-12-17(13-11-16)29(26,27)28-21-14-19(15-6-2-1-3-7-15)24-25(21)20-9-5-4-8-18(20)23/h1-14H. The summed E-state index contributed by atoms with van der Waals surface area (Å²) in [7, 11) is -4.07. The fourth-order valence-electron chi connectivity index (χ4n) is 2.73. The fourth-order valence-corrected chi connectivity index (χ4v) is 4.12. The van der Waals surface area contributed by atoms with Gasteiger partial charge in [0.2, 0.25) is 5.88 Å². The van der Waals surface area contributed by atoms with Crippen LogP contribution in [-0.4, -0.2) is 18.2 Å². The highest BCUT2D eigenvalue weighted by atomic mass is 79.9. The smallest absolute Gasteiger partial charge is 0.340 e. The molecule has 0 radical (unpaired) electrons. The molecular formula is C21H14BrClN2O3S. The molecule has 4 aromatic rings. The molecule has 0 bridgehead atoms. The van der Waals surface area contributed by atoms with Crippen molar-refractivity contribution in [3.8, 4) is 22.8 Å². The van der Waals surface area contributed by atoms with Gasteiger partial charge in [-0.2, -0.15) is 18.2 Å². The SMILES string of the molecule is O=S(=O)(Oc1cc(-c2ccccc2)nn1-c1ccccc1Cl)c1ccc(Br)cc1. The van der Waals surface area contributed by atoms with E-state index in [4.69, 9.17) is 15.8 Å². The molecule has 1 aromatic heterocycles. The van der Waals surface area contributed by atoms with E-state index in [-0.39, 0.29) is 10.8 Å². The molecule has 8 heteroatoms. The van der Waals surface area contributed by atoms with Crippen LogP contribution in [0, 0.1) is 0 Å². The number of nitrogens with zero attached hydrogens (tertiary/aromatic N) is 2. The topological polar surface area (TPSA) is 61.2 Å². The predicted octanol–water partition coefficient (Wildman–Crippen LogP) is 5.72. The number of hydrogen-bond acceptors (Lipinski definition) is 4. The predicted molar refractivity (Wildman–Crippen MR) is 116 cm³/mol. The largest absolute Gasteiger partial charge is 0.358 e. The Hall–Kier alpha value is -2.61. The lowest BCUT2D eigenvalue weighted by molar-refractivity contribution is 0.465. The summed E-state index contributed by atoms with van der Waals surface area (Å²) in [6.45, 7) is 0. The van der Waals surface area contributed by atoms with Crippen LogP contribution in [0.5, 0.6) is 5.88 Å². The number of benzene rings is 3. The van der Waals surface area contributed by atoms with Crippen LogP contribution in [0.25, 0.3) is 16.9 Å². The van der Waals surface area contributed by atoms with Gasteiger partial charge in [0.15, 0.2) is 0 Å². The van der Waals surface area contributed by atoms with E-state index >= 15 is 0 Å². The second kappa shape index (κ2) is 8.02. The first-order chi connectivity index (χ1) is 13.9. The molecule has 0 N–H and O–H groups in total. The van der Waals surface area contributed by atoms with Gasteiger partial charge in [-0.15, -0.1) is 0 Å². The summed E-state index contributed by atoms with van der Waals surface area (Å²) in [4.78, 5) is 0.0360. The molecule has 0 aliphatic carbocycles. The van der Waals surface area contributed by atoms with Crippen LogP contribution in [0.4, 0.5) is 0 Å². The molecule has 4 rings (SSSR count). The van der Waals surface area contributed by atoms with Gasteiger partial charge in [0, 0.05) is 16.1 Å². The first-order valence-electron chi connectivity index (χ1n) is 8.54. The van der Waals surface area contributed by atoms with Crippen LogP contribution in [-0.2, 0) is 10.1 Å². The maximum Gasteiger partial charge on any atom is 0.340 e. The molecule has 5 nitrogen and oxygen atoms in total. The van der Waals surface area contributed by atoms with Crippen LogP contribution in [0.3, 0.4) is 0 Å². The lowest BCUT2D eigenvalue weighted by Crippen LogP contribution is -2.12. The monoisotopic (exact) mass is 488 g/mol. The lowest BCUT2D eigenvalue weighted by Gasteiger charge is -2.10. The minimum atomic E-state index is -4.07. The molecule has 29 heavy (non-hydrogen) atoms. The Morgan fingerprint density at radius 3 is 2.24 bits per heavy atom. The molecule has 0 aliphatic heterocycles. The third-order valence-electron chi connectivity index (χ3n) is 4.12. The first kappa shape index (κ1) is 19.7. The van der Waals surface area contributed by atoms with E-state index in [1.807, 2.05) is 30.3 Å². The van der Waals surface area contributed by atoms with Gasteiger partial charge in [-0.05, 0) is 36.4 Å². The third kappa shape index (κ3) is 4.22. The Bertz CT molecular complexity index is 1260. The first-order valence-corrected chi connectivity index (χ1v) is 11.1. The van der Waals surface area contributed by atoms with E-state index in [0.717, 1.165) is 10.0 Å². The van der Waals surface area contributed by atoms with Crippen molar-refractivity contribution in [2.45, 2.75) is 4.90 Å². The van der Waals surface area contributed by atoms with Gasteiger partial charge in [0.25, 0.3) is 0 Å². The van der Waals surface area contributed by atoms with E-state index in [0.29, 0.717) is 16.4 Å². The summed E-state index contributed by atoms with van der Waals surface area (Å²) in [5.41, 5.74) is 1.90. The van der Waals surface area contributed by atoms with Gasteiger partial charge in [-0.25, -0.2) is 0 Å². The molecule has 0 saturated heterocycles. The van der Waals surface area contributed by atoms with Crippen molar-refractivity contribution in [3.05, 3.63) is 94.4 Å². The van der Waals surface area contributed by atoms with E-state index < -0.39 is 10.1 Å². The molecule has 0 unspecified atom stereocenters. The summed E-state index contributed by atoms with van der Waals surface area (Å²) in [6.07, 6.45) is 0. The van der Waals surface area contributed by atoms with Crippen molar-refractivity contribution in [2.75, 3.05) is 0 Å². The number of para-hydroxylation sites is 1. The maximum absolute atomic E-state index is 12.8. The van der Waals surface area contributed by atoms with E-state index in [2.05, 4.69) is 21.0 Å². The number of hydrogen-bond donors (Lipinski definition) is 0. The number of aromatic nitrogens is 2. The summed E-state index contributed by atoms with van der Waals surface area (Å²) in [5, 5.41) is 4.96. The third-order valence-corrected chi connectivity index (χ3v) is 6.21. The van der Waals surface area contributed by atoms with Gasteiger partial charge in [-0.1, -0.05) is 70.0 Å². The fraction of sp³-hybridized carbons (Fsp3) is 0. The van der Waals surface area contributed by atoms with Gasteiger partial charge in [0.05, 0.1) is 16.4 Å². The Balaban J connectivity index is 1.82. The van der Waals surface area contributed by atoms with Crippen molar-refractivity contribution >= 4 is 37.6 Å². The van der Waals surface area contributed by atoms with E-state index in [1.165, 1.54) is 16.8 Å². The molecule has 146 valence electrons. The summed E-state index contributed by atoms with van der Waals surface area (Å²) in [5.74, 6) is 0.0415. The molecule has 0 amide bonds.